The summed E-state index contributed by atoms with van der Waals surface area (Å²) in [7, 11) is 0. The summed E-state index contributed by atoms with van der Waals surface area (Å²) in [5, 5.41) is 7.10. The van der Waals surface area contributed by atoms with E-state index in [2.05, 4.69) is 29.7 Å². The molecule has 3 aromatic carbocycles. The molecule has 164 valence electrons. The zero-order valence-electron chi connectivity index (χ0n) is 18.5. The minimum Gasteiger partial charge on any atom is -0.346 e. The van der Waals surface area contributed by atoms with Gasteiger partial charge in [-0.25, -0.2) is 5.43 Å². The number of nitrogens with one attached hydrogen (secondary N) is 2. The van der Waals surface area contributed by atoms with E-state index < -0.39 is 5.92 Å². The third-order valence-electron chi connectivity index (χ3n) is 4.98. The number of carbonyl (C=O) groups excluding carboxylic acids is 2. The van der Waals surface area contributed by atoms with Crippen LogP contribution in [0.2, 0.25) is 0 Å². The van der Waals surface area contributed by atoms with Crippen molar-refractivity contribution in [3.8, 4) is 0 Å². The SMILES string of the molecule is CC(C)C/C(=N\NC(=O)CNC(=O)C(c1ccccc1)c1ccccc1)c1ccccc1. The molecule has 0 aliphatic heterocycles. The fourth-order valence-corrected chi connectivity index (χ4v) is 3.47. The van der Waals surface area contributed by atoms with Crippen molar-refractivity contribution in [2.24, 2.45) is 11.0 Å². The van der Waals surface area contributed by atoms with E-state index in [0.29, 0.717) is 5.92 Å². The predicted octanol–water partition coefficient (Wildman–Crippen LogP) is 4.50. The lowest BCUT2D eigenvalue weighted by Gasteiger charge is -2.17. The van der Waals surface area contributed by atoms with E-state index in [9.17, 15) is 9.59 Å². The summed E-state index contributed by atoms with van der Waals surface area (Å²) >= 11 is 0. The van der Waals surface area contributed by atoms with Crippen molar-refractivity contribution in [1.29, 1.82) is 0 Å². The first-order valence-corrected chi connectivity index (χ1v) is 10.8. The van der Waals surface area contributed by atoms with Gasteiger partial charge in [0.25, 0.3) is 5.91 Å². The van der Waals surface area contributed by atoms with Gasteiger partial charge in [0, 0.05) is 0 Å². The Morgan fingerprint density at radius 3 is 1.78 bits per heavy atom. The Labute approximate surface area is 189 Å². The molecule has 0 aliphatic rings. The molecular weight excluding hydrogens is 398 g/mol. The third-order valence-corrected chi connectivity index (χ3v) is 4.98. The van der Waals surface area contributed by atoms with Gasteiger partial charge < -0.3 is 5.32 Å². The Kier molecular flexibility index (Phi) is 8.32. The number of carbonyl (C=O) groups is 2. The average molecular weight is 428 g/mol. The van der Waals surface area contributed by atoms with Crippen molar-refractivity contribution in [2.75, 3.05) is 6.54 Å². The number of hydrazone groups is 1. The van der Waals surface area contributed by atoms with Crippen LogP contribution in [0.3, 0.4) is 0 Å². The second-order valence-electron chi connectivity index (χ2n) is 8.03. The Balaban J connectivity index is 1.67. The topological polar surface area (TPSA) is 70.6 Å². The van der Waals surface area contributed by atoms with Gasteiger partial charge in [0.2, 0.25) is 5.91 Å². The number of benzene rings is 3. The maximum atomic E-state index is 13.0. The maximum absolute atomic E-state index is 13.0. The van der Waals surface area contributed by atoms with Gasteiger partial charge in [0.1, 0.15) is 0 Å². The Bertz CT molecular complexity index is 993. The summed E-state index contributed by atoms with van der Waals surface area (Å²) < 4.78 is 0. The molecule has 0 spiro atoms. The minimum atomic E-state index is -0.491. The molecule has 0 fully saturated rings. The summed E-state index contributed by atoms with van der Waals surface area (Å²) in [6.45, 7) is 4.06. The van der Waals surface area contributed by atoms with Crippen LogP contribution < -0.4 is 10.7 Å². The molecule has 0 bridgehead atoms. The second-order valence-corrected chi connectivity index (χ2v) is 8.03. The zero-order chi connectivity index (χ0) is 22.8. The van der Waals surface area contributed by atoms with E-state index in [1.165, 1.54) is 0 Å². The first kappa shape index (κ1) is 22.9. The molecule has 2 N–H and O–H groups in total. The molecule has 0 aliphatic carbocycles. The Morgan fingerprint density at radius 2 is 1.28 bits per heavy atom. The van der Waals surface area contributed by atoms with Crippen molar-refractivity contribution >= 4 is 17.5 Å². The first-order chi connectivity index (χ1) is 15.5. The predicted molar refractivity (Wildman–Crippen MR) is 128 cm³/mol. The molecule has 0 atom stereocenters. The van der Waals surface area contributed by atoms with E-state index in [-0.39, 0.29) is 18.4 Å². The van der Waals surface area contributed by atoms with Crippen LogP contribution in [0.1, 0.15) is 42.9 Å². The molecular formula is C27H29N3O2. The standard InChI is InChI=1S/C27H29N3O2/c1-20(2)18-24(21-12-6-3-7-13-21)29-30-25(31)19-28-27(32)26(22-14-8-4-9-15-22)23-16-10-5-11-17-23/h3-17,20,26H,18-19H2,1-2H3,(H,28,32)(H,30,31)/b29-24+. The van der Waals surface area contributed by atoms with E-state index in [4.69, 9.17) is 0 Å². The highest BCUT2D eigenvalue weighted by atomic mass is 16.2. The van der Waals surface area contributed by atoms with Crippen molar-refractivity contribution in [1.82, 2.24) is 10.7 Å². The number of rotatable bonds is 9. The highest BCUT2D eigenvalue weighted by Crippen LogP contribution is 2.24. The first-order valence-electron chi connectivity index (χ1n) is 10.8. The number of nitrogens with zero attached hydrogens (tertiary/aromatic N) is 1. The molecule has 0 radical (unpaired) electrons. The van der Waals surface area contributed by atoms with Crippen LogP contribution in [-0.2, 0) is 9.59 Å². The van der Waals surface area contributed by atoms with Gasteiger partial charge in [-0.05, 0) is 29.0 Å². The molecule has 2 amide bonds. The van der Waals surface area contributed by atoms with Crippen LogP contribution in [0, 0.1) is 5.92 Å². The van der Waals surface area contributed by atoms with Crippen molar-refractivity contribution < 1.29 is 9.59 Å². The fourth-order valence-electron chi connectivity index (χ4n) is 3.47. The Morgan fingerprint density at radius 1 is 0.781 bits per heavy atom. The van der Waals surface area contributed by atoms with Crippen molar-refractivity contribution in [3.63, 3.8) is 0 Å². The highest BCUT2D eigenvalue weighted by molar-refractivity contribution is 6.01. The molecule has 0 unspecified atom stereocenters. The lowest BCUT2D eigenvalue weighted by atomic mass is 9.90. The molecule has 0 saturated carbocycles. The van der Waals surface area contributed by atoms with E-state index in [1.54, 1.807) is 0 Å². The largest absolute Gasteiger partial charge is 0.346 e. The summed E-state index contributed by atoms with van der Waals surface area (Å²) in [5.41, 5.74) is 6.12. The summed E-state index contributed by atoms with van der Waals surface area (Å²) in [6, 6.07) is 28.9. The van der Waals surface area contributed by atoms with Crippen molar-refractivity contribution in [2.45, 2.75) is 26.2 Å². The smallest absolute Gasteiger partial charge is 0.259 e. The molecule has 0 heterocycles. The van der Waals surface area contributed by atoms with Crippen LogP contribution in [0.25, 0.3) is 0 Å². The molecule has 5 nitrogen and oxygen atoms in total. The van der Waals surface area contributed by atoms with Gasteiger partial charge in [0.05, 0.1) is 18.2 Å². The van der Waals surface area contributed by atoms with Crippen LogP contribution >= 0.6 is 0 Å². The van der Waals surface area contributed by atoms with Gasteiger partial charge in [-0.2, -0.15) is 5.10 Å². The number of hydrogen-bond donors (Lipinski definition) is 2. The zero-order valence-corrected chi connectivity index (χ0v) is 18.5. The molecule has 5 heteroatoms. The molecule has 32 heavy (non-hydrogen) atoms. The van der Waals surface area contributed by atoms with Crippen LogP contribution in [0.4, 0.5) is 0 Å². The molecule has 0 saturated heterocycles. The van der Waals surface area contributed by atoms with Crippen molar-refractivity contribution in [3.05, 3.63) is 108 Å². The summed E-state index contributed by atoms with van der Waals surface area (Å²) in [5.74, 6) is -0.694. The maximum Gasteiger partial charge on any atom is 0.259 e. The number of hydrogen-bond acceptors (Lipinski definition) is 3. The van der Waals surface area contributed by atoms with Gasteiger partial charge in [-0.15, -0.1) is 0 Å². The minimum absolute atomic E-state index is 0.151. The Hall–Kier alpha value is -3.73. The third kappa shape index (κ3) is 6.64. The van der Waals surface area contributed by atoms with E-state index in [0.717, 1.165) is 28.8 Å². The van der Waals surface area contributed by atoms with Crippen LogP contribution in [-0.4, -0.2) is 24.1 Å². The lowest BCUT2D eigenvalue weighted by molar-refractivity contribution is -0.126. The monoisotopic (exact) mass is 427 g/mol. The molecule has 0 aromatic heterocycles. The average Bonchev–Trinajstić information content (AvgIpc) is 2.82. The van der Waals surface area contributed by atoms with Crippen LogP contribution in [0.5, 0.6) is 0 Å². The van der Waals surface area contributed by atoms with Gasteiger partial charge in [-0.3, -0.25) is 9.59 Å². The van der Waals surface area contributed by atoms with Gasteiger partial charge in [0.15, 0.2) is 0 Å². The van der Waals surface area contributed by atoms with E-state index in [1.807, 2.05) is 91.0 Å². The highest BCUT2D eigenvalue weighted by Gasteiger charge is 2.22. The van der Waals surface area contributed by atoms with Crippen LogP contribution in [0.15, 0.2) is 96.1 Å². The fraction of sp³-hybridized carbons (Fsp3) is 0.222. The van der Waals surface area contributed by atoms with E-state index >= 15 is 0 Å². The quantitative estimate of drug-likeness (QED) is 0.390. The normalized spacial score (nSPS) is 11.4. The lowest BCUT2D eigenvalue weighted by Crippen LogP contribution is -2.38. The van der Waals surface area contributed by atoms with Gasteiger partial charge in [-0.1, -0.05) is 105 Å². The second kappa shape index (κ2) is 11.6. The number of amides is 2. The molecule has 3 aromatic rings. The molecule has 3 rings (SSSR count). The summed E-state index contributed by atoms with van der Waals surface area (Å²) in [4.78, 5) is 25.5. The summed E-state index contributed by atoms with van der Waals surface area (Å²) in [6.07, 6.45) is 0.737. The van der Waals surface area contributed by atoms with Gasteiger partial charge >= 0.3 is 0 Å².